The summed E-state index contributed by atoms with van der Waals surface area (Å²) < 4.78 is 0.973. The van der Waals surface area contributed by atoms with Gasteiger partial charge in [-0.05, 0) is 43.7 Å². The summed E-state index contributed by atoms with van der Waals surface area (Å²) >= 11 is 4.66. The molecule has 0 saturated carbocycles. The molecule has 6 nitrogen and oxygen atoms in total. The molecule has 2 N–H and O–H groups in total. The minimum absolute atomic E-state index is 0.0903. The summed E-state index contributed by atoms with van der Waals surface area (Å²) in [6.45, 7) is 6.64. The van der Waals surface area contributed by atoms with Crippen molar-refractivity contribution in [1.82, 2.24) is 14.9 Å². The molecule has 0 aliphatic carbocycles. The van der Waals surface area contributed by atoms with Crippen LogP contribution in [0.3, 0.4) is 0 Å². The summed E-state index contributed by atoms with van der Waals surface area (Å²) in [5, 5.41) is 3.40. The maximum absolute atomic E-state index is 12.4. The van der Waals surface area contributed by atoms with E-state index in [-0.39, 0.29) is 17.2 Å². The van der Waals surface area contributed by atoms with Crippen LogP contribution in [0.25, 0.3) is 0 Å². The SMILES string of the molecule is CCCN1CCc2nc(SCC(=O)Nc3ccc(Br)cc3C)[nH]c(=O)c2C1. The summed E-state index contributed by atoms with van der Waals surface area (Å²) in [6, 6.07) is 5.70. The predicted molar refractivity (Wildman–Crippen MR) is 112 cm³/mol. The zero-order valence-corrected chi connectivity index (χ0v) is 17.9. The molecule has 0 unspecified atom stereocenters. The van der Waals surface area contributed by atoms with Gasteiger partial charge in [-0.1, -0.05) is 34.6 Å². The van der Waals surface area contributed by atoms with Gasteiger partial charge < -0.3 is 10.3 Å². The van der Waals surface area contributed by atoms with Gasteiger partial charge in [-0.15, -0.1) is 0 Å². The lowest BCUT2D eigenvalue weighted by molar-refractivity contribution is -0.113. The van der Waals surface area contributed by atoms with Crippen molar-refractivity contribution in [2.24, 2.45) is 0 Å². The van der Waals surface area contributed by atoms with Gasteiger partial charge in [-0.3, -0.25) is 14.5 Å². The van der Waals surface area contributed by atoms with Crippen molar-refractivity contribution in [3.05, 3.63) is 49.8 Å². The monoisotopic (exact) mass is 450 g/mol. The number of carbonyl (C=O) groups is 1. The fourth-order valence-electron chi connectivity index (χ4n) is 3.12. The van der Waals surface area contributed by atoms with Gasteiger partial charge in [0.25, 0.3) is 5.56 Å². The second kappa shape index (κ2) is 9.03. The Labute approximate surface area is 171 Å². The fourth-order valence-corrected chi connectivity index (χ4v) is 4.28. The standard InChI is InChI=1S/C19H23BrN4O2S/c1-3-7-24-8-6-16-14(10-24)18(26)23-19(22-16)27-11-17(25)21-15-5-4-13(20)9-12(15)2/h4-5,9H,3,6-8,10-11H2,1-2H3,(H,21,25)(H,22,23,26). The molecular formula is C19H23BrN4O2S. The first-order chi connectivity index (χ1) is 13.0. The molecule has 0 atom stereocenters. The number of aromatic nitrogens is 2. The summed E-state index contributed by atoms with van der Waals surface area (Å²) in [5.41, 5.74) is 3.30. The second-order valence-electron chi connectivity index (χ2n) is 6.62. The number of aryl methyl sites for hydroxylation is 1. The third-order valence-corrected chi connectivity index (χ3v) is 5.83. The number of aromatic amines is 1. The average Bonchev–Trinajstić information content (AvgIpc) is 2.63. The fraction of sp³-hybridized carbons (Fsp3) is 0.421. The third kappa shape index (κ3) is 5.21. The molecule has 144 valence electrons. The Balaban J connectivity index is 1.62. The van der Waals surface area contributed by atoms with E-state index in [1.54, 1.807) is 0 Å². The molecule has 0 radical (unpaired) electrons. The third-order valence-electron chi connectivity index (χ3n) is 4.47. The highest BCUT2D eigenvalue weighted by atomic mass is 79.9. The molecule has 0 fully saturated rings. The summed E-state index contributed by atoms with van der Waals surface area (Å²) in [5.74, 6) is 0.0686. The maximum atomic E-state index is 12.4. The van der Waals surface area contributed by atoms with Crippen molar-refractivity contribution in [3.63, 3.8) is 0 Å². The number of carbonyl (C=O) groups excluding carboxylic acids is 1. The number of anilines is 1. The molecule has 8 heteroatoms. The summed E-state index contributed by atoms with van der Waals surface area (Å²) in [7, 11) is 0. The van der Waals surface area contributed by atoms with Gasteiger partial charge in [0.2, 0.25) is 5.91 Å². The van der Waals surface area contributed by atoms with Crippen LogP contribution in [-0.2, 0) is 17.8 Å². The van der Waals surface area contributed by atoms with Gasteiger partial charge in [0.15, 0.2) is 5.16 Å². The van der Waals surface area contributed by atoms with Crippen LogP contribution >= 0.6 is 27.7 Å². The molecule has 1 aromatic heterocycles. The zero-order valence-electron chi connectivity index (χ0n) is 15.5. The quantitative estimate of drug-likeness (QED) is 0.521. The van der Waals surface area contributed by atoms with E-state index < -0.39 is 0 Å². The maximum Gasteiger partial charge on any atom is 0.256 e. The molecule has 1 amide bonds. The van der Waals surface area contributed by atoms with Crippen LogP contribution in [0.2, 0.25) is 0 Å². The van der Waals surface area contributed by atoms with E-state index in [1.807, 2.05) is 25.1 Å². The van der Waals surface area contributed by atoms with E-state index in [4.69, 9.17) is 0 Å². The van der Waals surface area contributed by atoms with E-state index in [0.717, 1.165) is 52.9 Å². The topological polar surface area (TPSA) is 78.1 Å². The Hall–Kier alpha value is -1.64. The number of nitrogens with zero attached hydrogens (tertiary/aromatic N) is 2. The van der Waals surface area contributed by atoms with Crippen molar-refractivity contribution < 1.29 is 4.79 Å². The molecule has 0 saturated heterocycles. The smallest absolute Gasteiger partial charge is 0.256 e. The summed E-state index contributed by atoms with van der Waals surface area (Å²) in [4.78, 5) is 34.3. The van der Waals surface area contributed by atoms with Crippen LogP contribution in [0.1, 0.15) is 30.2 Å². The number of hydrogen-bond acceptors (Lipinski definition) is 5. The van der Waals surface area contributed by atoms with Gasteiger partial charge >= 0.3 is 0 Å². The van der Waals surface area contributed by atoms with Gasteiger partial charge in [-0.2, -0.15) is 0 Å². The number of rotatable bonds is 6. The van der Waals surface area contributed by atoms with Crippen LogP contribution in [0.15, 0.2) is 32.6 Å². The number of thioether (sulfide) groups is 1. The van der Waals surface area contributed by atoms with Crippen LogP contribution in [0, 0.1) is 6.92 Å². The first kappa shape index (κ1) is 20.1. The number of hydrogen-bond donors (Lipinski definition) is 2. The Morgan fingerprint density at radius 2 is 2.26 bits per heavy atom. The first-order valence-electron chi connectivity index (χ1n) is 8.99. The number of H-pyrrole nitrogens is 1. The Bertz CT molecular complexity index is 900. The van der Waals surface area contributed by atoms with Gasteiger partial charge in [-0.25, -0.2) is 4.98 Å². The average molecular weight is 451 g/mol. The number of benzene rings is 1. The molecule has 27 heavy (non-hydrogen) atoms. The Morgan fingerprint density at radius 3 is 3.00 bits per heavy atom. The Kier molecular flexibility index (Phi) is 6.73. The van der Waals surface area contributed by atoms with E-state index in [2.05, 4.69) is 43.0 Å². The minimum atomic E-state index is -0.125. The Morgan fingerprint density at radius 1 is 1.44 bits per heavy atom. The predicted octanol–water partition coefficient (Wildman–Crippen LogP) is 3.34. The van der Waals surface area contributed by atoms with Gasteiger partial charge in [0.1, 0.15) is 0 Å². The van der Waals surface area contributed by atoms with Crippen LogP contribution in [-0.4, -0.2) is 39.6 Å². The molecule has 2 aromatic rings. The van der Waals surface area contributed by atoms with Crippen LogP contribution in [0.5, 0.6) is 0 Å². The van der Waals surface area contributed by atoms with Crippen molar-refractivity contribution in [2.75, 3.05) is 24.2 Å². The molecule has 0 bridgehead atoms. The number of nitrogens with one attached hydrogen (secondary N) is 2. The second-order valence-corrected chi connectivity index (χ2v) is 8.50. The normalized spacial score (nSPS) is 14.0. The largest absolute Gasteiger partial charge is 0.325 e. The lowest BCUT2D eigenvalue weighted by Gasteiger charge is -2.27. The van der Waals surface area contributed by atoms with Gasteiger partial charge in [0.05, 0.1) is 17.0 Å². The summed E-state index contributed by atoms with van der Waals surface area (Å²) in [6.07, 6.45) is 1.85. The molecular weight excluding hydrogens is 428 g/mol. The first-order valence-corrected chi connectivity index (χ1v) is 10.8. The van der Waals surface area contributed by atoms with Crippen molar-refractivity contribution in [3.8, 4) is 0 Å². The van der Waals surface area contributed by atoms with Crippen molar-refractivity contribution in [2.45, 2.75) is 38.4 Å². The lowest BCUT2D eigenvalue weighted by atomic mass is 10.1. The van der Waals surface area contributed by atoms with Crippen LogP contribution < -0.4 is 10.9 Å². The van der Waals surface area contributed by atoms with Gasteiger partial charge in [0, 0.05) is 29.7 Å². The van der Waals surface area contributed by atoms with E-state index in [1.165, 1.54) is 11.8 Å². The zero-order chi connectivity index (χ0) is 19.4. The van der Waals surface area contributed by atoms with Crippen molar-refractivity contribution in [1.29, 1.82) is 0 Å². The molecule has 1 aromatic carbocycles. The highest BCUT2D eigenvalue weighted by Crippen LogP contribution is 2.21. The van der Waals surface area contributed by atoms with Crippen LogP contribution in [0.4, 0.5) is 5.69 Å². The molecule has 1 aliphatic heterocycles. The molecule has 0 spiro atoms. The van der Waals surface area contributed by atoms with E-state index in [9.17, 15) is 9.59 Å². The highest BCUT2D eigenvalue weighted by molar-refractivity contribution is 9.10. The number of fused-ring (bicyclic) bond motifs is 1. The minimum Gasteiger partial charge on any atom is -0.325 e. The van der Waals surface area contributed by atoms with Crippen molar-refractivity contribution >= 4 is 39.3 Å². The number of amides is 1. The van der Waals surface area contributed by atoms with E-state index >= 15 is 0 Å². The highest BCUT2D eigenvalue weighted by Gasteiger charge is 2.20. The molecule has 2 heterocycles. The lowest BCUT2D eigenvalue weighted by Crippen LogP contribution is -2.36. The number of halogens is 1. The molecule has 3 rings (SSSR count). The molecule has 1 aliphatic rings. The van der Waals surface area contributed by atoms with E-state index in [0.29, 0.717) is 11.7 Å².